The summed E-state index contributed by atoms with van der Waals surface area (Å²) >= 11 is 0. The Labute approximate surface area is 215 Å². The molecule has 5 atom stereocenters. The summed E-state index contributed by atoms with van der Waals surface area (Å²) in [5.41, 5.74) is 1.17. The fourth-order valence-corrected chi connectivity index (χ4v) is 7.39. The topological polar surface area (TPSA) is 80.7 Å². The van der Waals surface area contributed by atoms with E-state index in [2.05, 4.69) is 34.3 Å². The molecular weight excluding hydrogens is 452 g/mol. The van der Waals surface area contributed by atoms with E-state index in [9.17, 15) is 19.5 Å². The van der Waals surface area contributed by atoms with Gasteiger partial charge in [-0.3, -0.25) is 9.59 Å². The Hall–Kier alpha value is -2.43. The van der Waals surface area contributed by atoms with Crippen LogP contribution in [0.15, 0.2) is 46.8 Å². The van der Waals surface area contributed by atoms with E-state index in [0.717, 1.165) is 50.5 Å². The Morgan fingerprint density at radius 2 is 1.94 bits per heavy atom. The zero-order valence-electron chi connectivity index (χ0n) is 22.6. The first-order valence-corrected chi connectivity index (χ1v) is 13.7. The fraction of sp³-hybridized carbons (Fsp3) is 0.645. The molecule has 0 aliphatic heterocycles. The molecule has 0 spiro atoms. The summed E-state index contributed by atoms with van der Waals surface area (Å²) in [7, 11) is 0. The largest absolute Gasteiger partial charge is 0.504 e. The Morgan fingerprint density at radius 1 is 1.22 bits per heavy atom. The van der Waals surface area contributed by atoms with Gasteiger partial charge >= 0.3 is 5.97 Å². The molecule has 2 fully saturated rings. The van der Waals surface area contributed by atoms with Crippen LogP contribution in [-0.2, 0) is 19.1 Å². The highest BCUT2D eigenvalue weighted by atomic mass is 16.5. The van der Waals surface area contributed by atoms with Gasteiger partial charge in [0.25, 0.3) is 0 Å². The van der Waals surface area contributed by atoms with Crippen molar-refractivity contribution in [2.24, 2.45) is 28.6 Å². The minimum Gasteiger partial charge on any atom is -0.504 e. The fourth-order valence-electron chi connectivity index (χ4n) is 7.39. The molecule has 0 aromatic rings. The zero-order chi connectivity index (χ0) is 26.4. The third kappa shape index (κ3) is 4.54. The van der Waals surface area contributed by atoms with Gasteiger partial charge < -0.3 is 9.84 Å². The molecule has 0 aromatic carbocycles. The number of unbranched alkanes of at least 4 members (excludes halogenated alkanes) is 2. The molecule has 0 amide bonds. The van der Waals surface area contributed by atoms with E-state index in [1.807, 2.05) is 13.0 Å². The van der Waals surface area contributed by atoms with Gasteiger partial charge in [-0.05, 0) is 69.1 Å². The normalized spacial score (nSPS) is 33.8. The maximum atomic E-state index is 14.0. The minimum absolute atomic E-state index is 0.0235. The van der Waals surface area contributed by atoms with E-state index >= 15 is 0 Å². The van der Waals surface area contributed by atoms with E-state index < -0.39 is 29.2 Å². The number of esters is 1. The molecule has 5 nitrogen and oxygen atoms in total. The molecule has 2 saturated carbocycles. The predicted octanol–water partition coefficient (Wildman–Crippen LogP) is 6.74. The van der Waals surface area contributed by atoms with Gasteiger partial charge in [0.2, 0.25) is 11.6 Å². The Kier molecular flexibility index (Phi) is 7.24. The van der Waals surface area contributed by atoms with E-state index in [1.165, 1.54) is 0 Å². The van der Waals surface area contributed by atoms with Crippen LogP contribution < -0.4 is 0 Å². The highest BCUT2D eigenvalue weighted by Gasteiger charge is 2.59. The number of hydrogen-bond donors (Lipinski definition) is 1. The molecule has 3 unspecified atom stereocenters. The van der Waals surface area contributed by atoms with E-state index in [-0.39, 0.29) is 46.0 Å². The van der Waals surface area contributed by atoms with Gasteiger partial charge in [-0.15, -0.1) is 6.58 Å². The van der Waals surface area contributed by atoms with Crippen LogP contribution in [0.4, 0.5) is 0 Å². The summed E-state index contributed by atoms with van der Waals surface area (Å²) in [4.78, 5) is 41.1. The molecule has 0 aromatic heterocycles. The molecule has 4 rings (SSSR count). The summed E-state index contributed by atoms with van der Waals surface area (Å²) in [5, 5.41) is 11.0. The van der Waals surface area contributed by atoms with Crippen molar-refractivity contribution in [3.05, 3.63) is 46.8 Å². The van der Waals surface area contributed by atoms with Crippen LogP contribution in [-0.4, -0.2) is 28.7 Å². The van der Waals surface area contributed by atoms with Gasteiger partial charge in [0.1, 0.15) is 11.7 Å². The molecule has 196 valence electrons. The number of ketones is 2. The Balaban J connectivity index is 1.69. The lowest BCUT2D eigenvalue weighted by molar-refractivity contribution is -0.153. The third-order valence-electron chi connectivity index (χ3n) is 9.39. The van der Waals surface area contributed by atoms with E-state index in [4.69, 9.17) is 4.74 Å². The first-order valence-electron chi connectivity index (χ1n) is 13.7. The van der Waals surface area contributed by atoms with Crippen LogP contribution in [0.1, 0.15) is 92.4 Å². The average molecular weight is 495 g/mol. The number of fused-ring (bicyclic) bond motifs is 2. The summed E-state index contributed by atoms with van der Waals surface area (Å²) in [6.45, 7) is 14.7. The number of carbonyl (C=O) groups is 3. The van der Waals surface area contributed by atoms with Gasteiger partial charge in [0.05, 0.1) is 5.57 Å². The summed E-state index contributed by atoms with van der Waals surface area (Å²) in [5.74, 6) is -2.47. The predicted molar refractivity (Wildman–Crippen MR) is 140 cm³/mol. The number of aliphatic hydroxyl groups excluding tert-OH is 1. The van der Waals surface area contributed by atoms with Crippen LogP contribution in [0.25, 0.3) is 0 Å². The number of Topliss-reactive ketones (excluding diaryl/α,β-unsaturated/α-hetero) is 2. The Morgan fingerprint density at radius 3 is 2.53 bits per heavy atom. The SMILES string of the molecule is C=C[C@@H]1CCC(C)=C[C@H]1C1=C(O)C(=O)C(CCCCC)=C(C(=O)OC2CC3CC2(C)CC3(C)C)C1=O. The first kappa shape index (κ1) is 26.6. The molecule has 2 bridgehead atoms. The number of hydrogen-bond acceptors (Lipinski definition) is 5. The number of aliphatic hydroxyl groups is 1. The molecule has 4 aliphatic rings. The molecule has 4 aliphatic carbocycles. The summed E-state index contributed by atoms with van der Waals surface area (Å²) in [6.07, 6.45) is 10.6. The number of allylic oxidation sites excluding steroid dienone is 5. The lowest BCUT2D eigenvalue weighted by Gasteiger charge is -2.38. The molecule has 0 radical (unpaired) electrons. The maximum absolute atomic E-state index is 14.0. The molecular formula is C31H42O5. The quantitative estimate of drug-likeness (QED) is 0.133. The van der Waals surface area contributed by atoms with Gasteiger partial charge in [-0.2, -0.15) is 0 Å². The average Bonchev–Trinajstić information content (AvgIpc) is 3.25. The maximum Gasteiger partial charge on any atom is 0.342 e. The molecule has 36 heavy (non-hydrogen) atoms. The highest BCUT2D eigenvalue weighted by molar-refractivity contribution is 6.34. The second-order valence-corrected chi connectivity index (χ2v) is 12.6. The van der Waals surface area contributed by atoms with Gasteiger partial charge in [0, 0.05) is 16.9 Å². The van der Waals surface area contributed by atoms with Crippen LogP contribution in [0.5, 0.6) is 0 Å². The highest BCUT2D eigenvalue weighted by Crippen LogP contribution is 2.63. The summed E-state index contributed by atoms with van der Waals surface area (Å²) < 4.78 is 6.07. The van der Waals surface area contributed by atoms with E-state index in [1.54, 1.807) is 6.08 Å². The van der Waals surface area contributed by atoms with Crippen LogP contribution in [0.3, 0.4) is 0 Å². The first-order chi connectivity index (χ1) is 16.9. The second-order valence-electron chi connectivity index (χ2n) is 12.6. The van der Waals surface area contributed by atoms with Crippen molar-refractivity contribution in [1.82, 2.24) is 0 Å². The lowest BCUT2D eigenvalue weighted by Crippen LogP contribution is -2.39. The van der Waals surface area contributed by atoms with Crippen molar-refractivity contribution in [2.75, 3.05) is 0 Å². The molecule has 1 N–H and O–H groups in total. The van der Waals surface area contributed by atoms with Gasteiger partial charge in [0.15, 0.2) is 5.76 Å². The van der Waals surface area contributed by atoms with Crippen LogP contribution >= 0.6 is 0 Å². The minimum atomic E-state index is -0.701. The Bertz CT molecular complexity index is 1070. The van der Waals surface area contributed by atoms with Gasteiger partial charge in [-0.1, -0.05) is 58.3 Å². The van der Waals surface area contributed by atoms with Crippen molar-refractivity contribution < 1.29 is 24.2 Å². The summed E-state index contributed by atoms with van der Waals surface area (Å²) in [6, 6.07) is 0. The molecule has 0 saturated heterocycles. The molecule has 0 heterocycles. The standard InChI is InChI=1S/C31H42O5/c1-7-9-10-11-21-25(29(35)36-23-15-20-16-31(23,6)17-30(20,4)5)27(33)24(28(34)26(21)32)22-14-18(3)12-13-19(22)8-2/h8,14,19-20,22-23,34H,2,7,9-13,15-17H2,1,3-6H3/t19-,20?,22-,23?,31?/m1/s1. The second kappa shape index (κ2) is 9.79. The van der Waals surface area contributed by atoms with Crippen molar-refractivity contribution >= 4 is 17.5 Å². The lowest BCUT2D eigenvalue weighted by atomic mass is 9.71. The molecule has 5 heteroatoms. The third-order valence-corrected chi connectivity index (χ3v) is 9.39. The number of ether oxygens (including phenoxy) is 1. The zero-order valence-corrected chi connectivity index (χ0v) is 22.6. The van der Waals surface area contributed by atoms with Crippen molar-refractivity contribution in [2.45, 2.75) is 98.5 Å². The van der Waals surface area contributed by atoms with Crippen LogP contribution in [0, 0.1) is 28.6 Å². The monoisotopic (exact) mass is 494 g/mol. The number of carbonyl (C=O) groups excluding carboxylic acids is 3. The van der Waals surface area contributed by atoms with Crippen molar-refractivity contribution in [3.8, 4) is 0 Å². The number of rotatable bonds is 8. The van der Waals surface area contributed by atoms with E-state index in [0.29, 0.717) is 12.3 Å². The van der Waals surface area contributed by atoms with Crippen molar-refractivity contribution in [1.29, 1.82) is 0 Å². The van der Waals surface area contributed by atoms with Crippen molar-refractivity contribution in [3.63, 3.8) is 0 Å². The smallest absolute Gasteiger partial charge is 0.342 e. The van der Waals surface area contributed by atoms with Gasteiger partial charge in [-0.25, -0.2) is 4.79 Å². The van der Waals surface area contributed by atoms with Crippen LogP contribution in [0.2, 0.25) is 0 Å².